The largest absolute Gasteiger partial charge is 0.497 e. The minimum atomic E-state index is 0.210. The van der Waals surface area contributed by atoms with Gasteiger partial charge in [0.15, 0.2) is 0 Å². The number of hydrogen-bond acceptors (Lipinski definition) is 5. The molecule has 0 saturated carbocycles. The molecule has 0 aliphatic rings. The van der Waals surface area contributed by atoms with Crippen molar-refractivity contribution in [3.8, 4) is 40.0 Å². The summed E-state index contributed by atoms with van der Waals surface area (Å²) in [7, 11) is 3.23. The Morgan fingerprint density at radius 1 is 0.880 bits per heavy atom. The van der Waals surface area contributed by atoms with Crippen LogP contribution in [0.3, 0.4) is 0 Å². The van der Waals surface area contributed by atoms with Gasteiger partial charge in [0, 0.05) is 11.1 Å². The average Bonchev–Trinajstić information content (AvgIpc) is 2.67. The number of benzene rings is 2. The van der Waals surface area contributed by atoms with E-state index in [0.717, 1.165) is 28.2 Å². The maximum absolute atomic E-state index is 9.48. The van der Waals surface area contributed by atoms with Crippen molar-refractivity contribution in [2.75, 3.05) is 20.0 Å². The fraction of sp³-hybridized carbons (Fsp3) is 0.100. The zero-order chi connectivity index (χ0) is 17.8. The first-order valence-electron chi connectivity index (χ1n) is 7.65. The number of nitrogen functional groups attached to an aromatic ring is 1. The van der Waals surface area contributed by atoms with Crippen LogP contribution >= 0.6 is 0 Å². The Hall–Kier alpha value is -3.52. The number of anilines is 1. The minimum absolute atomic E-state index is 0.210. The van der Waals surface area contributed by atoms with Gasteiger partial charge in [-0.2, -0.15) is 5.26 Å². The van der Waals surface area contributed by atoms with Crippen LogP contribution in [0.2, 0.25) is 0 Å². The van der Waals surface area contributed by atoms with E-state index in [0.29, 0.717) is 11.3 Å². The Labute approximate surface area is 146 Å². The van der Waals surface area contributed by atoms with Crippen molar-refractivity contribution in [2.45, 2.75) is 0 Å². The molecule has 3 aromatic rings. The van der Waals surface area contributed by atoms with Gasteiger partial charge in [-0.05, 0) is 48.0 Å². The predicted octanol–water partition coefficient (Wildman–Crippen LogP) is 3.89. The fourth-order valence-corrected chi connectivity index (χ4v) is 2.59. The fourth-order valence-electron chi connectivity index (χ4n) is 2.59. The molecule has 5 heteroatoms. The van der Waals surface area contributed by atoms with Crippen molar-refractivity contribution in [1.29, 1.82) is 5.26 Å². The van der Waals surface area contributed by atoms with Crippen molar-refractivity contribution < 1.29 is 9.47 Å². The highest BCUT2D eigenvalue weighted by atomic mass is 16.5. The molecule has 2 aromatic carbocycles. The Balaban J connectivity index is 2.12. The summed E-state index contributed by atoms with van der Waals surface area (Å²) in [5, 5.41) is 9.48. The zero-order valence-electron chi connectivity index (χ0n) is 14.0. The van der Waals surface area contributed by atoms with E-state index in [9.17, 15) is 5.26 Å². The second-order valence-corrected chi connectivity index (χ2v) is 5.38. The molecule has 0 amide bonds. The first-order valence-corrected chi connectivity index (χ1v) is 7.65. The molecule has 1 heterocycles. The predicted molar refractivity (Wildman–Crippen MR) is 97.3 cm³/mol. The van der Waals surface area contributed by atoms with Gasteiger partial charge in [0.1, 0.15) is 28.9 Å². The van der Waals surface area contributed by atoms with Gasteiger partial charge in [-0.1, -0.05) is 12.1 Å². The normalized spacial score (nSPS) is 10.1. The summed E-state index contributed by atoms with van der Waals surface area (Å²) in [6.07, 6.45) is 0. The van der Waals surface area contributed by atoms with Crippen molar-refractivity contribution >= 4 is 5.82 Å². The summed E-state index contributed by atoms with van der Waals surface area (Å²) < 4.78 is 10.4. The first kappa shape index (κ1) is 16.3. The highest BCUT2D eigenvalue weighted by Crippen LogP contribution is 2.32. The average molecular weight is 331 g/mol. The molecule has 0 atom stereocenters. The minimum Gasteiger partial charge on any atom is -0.497 e. The lowest BCUT2D eigenvalue weighted by Gasteiger charge is -2.11. The summed E-state index contributed by atoms with van der Waals surface area (Å²) >= 11 is 0. The second-order valence-electron chi connectivity index (χ2n) is 5.38. The van der Waals surface area contributed by atoms with Crippen molar-refractivity contribution in [2.24, 2.45) is 0 Å². The number of rotatable bonds is 4. The summed E-state index contributed by atoms with van der Waals surface area (Å²) in [6, 6.07) is 19.0. The number of nitrogens with zero attached hydrogens (tertiary/aromatic N) is 2. The van der Waals surface area contributed by atoms with Crippen LogP contribution in [0.1, 0.15) is 5.56 Å². The van der Waals surface area contributed by atoms with E-state index in [4.69, 9.17) is 15.2 Å². The number of ether oxygens (including phenoxy) is 2. The van der Waals surface area contributed by atoms with E-state index in [-0.39, 0.29) is 5.82 Å². The third-order valence-electron chi connectivity index (χ3n) is 3.95. The molecule has 1 aromatic heterocycles. The molecule has 3 rings (SSSR count). The molecule has 0 fully saturated rings. The van der Waals surface area contributed by atoms with Gasteiger partial charge in [0.2, 0.25) is 0 Å². The number of nitriles is 1. The van der Waals surface area contributed by atoms with Crippen LogP contribution in [0.4, 0.5) is 5.82 Å². The summed E-state index contributed by atoms with van der Waals surface area (Å²) in [5.41, 5.74) is 9.61. The highest BCUT2D eigenvalue weighted by molar-refractivity contribution is 5.80. The van der Waals surface area contributed by atoms with Gasteiger partial charge in [-0.3, -0.25) is 0 Å². The molecule has 25 heavy (non-hydrogen) atoms. The van der Waals surface area contributed by atoms with Crippen LogP contribution in [-0.4, -0.2) is 19.2 Å². The molecule has 5 nitrogen and oxygen atoms in total. The van der Waals surface area contributed by atoms with Crippen LogP contribution in [-0.2, 0) is 0 Å². The molecule has 0 bridgehead atoms. The Morgan fingerprint density at radius 2 is 1.40 bits per heavy atom. The summed E-state index contributed by atoms with van der Waals surface area (Å²) in [4.78, 5) is 4.38. The van der Waals surface area contributed by atoms with Crippen LogP contribution in [0.5, 0.6) is 11.5 Å². The van der Waals surface area contributed by atoms with Gasteiger partial charge >= 0.3 is 0 Å². The monoisotopic (exact) mass is 331 g/mol. The summed E-state index contributed by atoms with van der Waals surface area (Å²) in [5.74, 6) is 1.72. The van der Waals surface area contributed by atoms with Gasteiger partial charge in [0.05, 0.1) is 19.9 Å². The van der Waals surface area contributed by atoms with Gasteiger partial charge in [-0.15, -0.1) is 0 Å². The zero-order valence-corrected chi connectivity index (χ0v) is 14.0. The molecule has 0 spiro atoms. The van der Waals surface area contributed by atoms with E-state index in [1.807, 2.05) is 54.6 Å². The second kappa shape index (κ2) is 6.93. The first-order chi connectivity index (χ1) is 12.2. The van der Waals surface area contributed by atoms with Gasteiger partial charge in [0.25, 0.3) is 0 Å². The molecule has 0 aliphatic carbocycles. The molecule has 2 N–H and O–H groups in total. The lowest BCUT2D eigenvalue weighted by atomic mass is 9.98. The van der Waals surface area contributed by atoms with Crippen LogP contribution in [0, 0.1) is 11.3 Å². The molecule has 0 saturated heterocycles. The standard InChI is InChI=1S/C20H17N3O2/c1-24-15-7-3-13(4-8-15)17-11-19(23-20(22)18(17)12-21)14-5-9-16(25-2)10-6-14/h3-11H,1-2H3,(H2,22,23). The molecular weight excluding hydrogens is 314 g/mol. The SMILES string of the molecule is COc1ccc(-c2cc(-c3ccc(OC)cc3)c(C#N)c(N)n2)cc1. The number of hydrogen-bond donors (Lipinski definition) is 1. The van der Waals surface area contributed by atoms with Crippen molar-refractivity contribution in [3.63, 3.8) is 0 Å². The number of aromatic nitrogens is 1. The Morgan fingerprint density at radius 3 is 1.88 bits per heavy atom. The molecule has 0 radical (unpaired) electrons. The number of nitrogens with two attached hydrogens (primary N) is 1. The lowest BCUT2D eigenvalue weighted by Crippen LogP contribution is -1.99. The van der Waals surface area contributed by atoms with Crippen LogP contribution in [0.25, 0.3) is 22.4 Å². The molecule has 0 unspecified atom stereocenters. The van der Waals surface area contributed by atoms with Gasteiger partial charge in [-0.25, -0.2) is 4.98 Å². The molecule has 124 valence electrons. The van der Waals surface area contributed by atoms with Crippen LogP contribution in [0.15, 0.2) is 54.6 Å². The van der Waals surface area contributed by atoms with E-state index in [1.54, 1.807) is 14.2 Å². The van der Waals surface area contributed by atoms with E-state index < -0.39 is 0 Å². The topological polar surface area (TPSA) is 81.2 Å². The van der Waals surface area contributed by atoms with Crippen molar-refractivity contribution in [1.82, 2.24) is 4.98 Å². The quantitative estimate of drug-likeness (QED) is 0.784. The Kier molecular flexibility index (Phi) is 4.53. The van der Waals surface area contributed by atoms with Gasteiger partial charge < -0.3 is 15.2 Å². The highest BCUT2D eigenvalue weighted by Gasteiger charge is 2.13. The Bertz CT molecular complexity index is 927. The number of pyridine rings is 1. The third-order valence-corrected chi connectivity index (χ3v) is 3.95. The van der Waals surface area contributed by atoms with E-state index in [1.165, 1.54) is 0 Å². The lowest BCUT2D eigenvalue weighted by molar-refractivity contribution is 0.415. The maximum atomic E-state index is 9.48. The molecule has 0 aliphatic heterocycles. The third kappa shape index (κ3) is 3.24. The smallest absolute Gasteiger partial charge is 0.142 e. The van der Waals surface area contributed by atoms with Crippen molar-refractivity contribution in [3.05, 3.63) is 60.2 Å². The molecular formula is C20H17N3O2. The maximum Gasteiger partial charge on any atom is 0.142 e. The summed E-state index contributed by atoms with van der Waals surface area (Å²) in [6.45, 7) is 0. The van der Waals surface area contributed by atoms with E-state index in [2.05, 4.69) is 11.1 Å². The van der Waals surface area contributed by atoms with E-state index >= 15 is 0 Å². The van der Waals surface area contributed by atoms with Crippen LogP contribution < -0.4 is 15.2 Å². The number of methoxy groups -OCH3 is 2.